The minimum absolute atomic E-state index is 0.0116. The van der Waals surface area contributed by atoms with Crippen LogP contribution in [0, 0.1) is 0 Å². The molecule has 204 valence electrons. The van der Waals surface area contributed by atoms with E-state index in [9.17, 15) is 13.2 Å². The van der Waals surface area contributed by atoms with Gasteiger partial charge in [0.15, 0.2) is 0 Å². The monoisotopic (exact) mass is 546 g/mol. The summed E-state index contributed by atoms with van der Waals surface area (Å²) in [4.78, 5) is 6.41. The van der Waals surface area contributed by atoms with Crippen LogP contribution in [0.1, 0.15) is 45.2 Å². The molecule has 0 amide bonds. The molecule has 1 saturated carbocycles. The second-order valence-corrected chi connectivity index (χ2v) is 12.0. The lowest BCUT2D eigenvalue weighted by Crippen LogP contribution is -2.39. The molecule has 0 atom stereocenters. The number of fused-ring (bicyclic) bond motifs is 2. The average Bonchev–Trinajstić information content (AvgIpc) is 3.49. The summed E-state index contributed by atoms with van der Waals surface area (Å²) in [5.74, 6) is -2.17. The van der Waals surface area contributed by atoms with Crippen molar-refractivity contribution in [1.29, 1.82) is 0 Å². The van der Waals surface area contributed by atoms with Gasteiger partial charge < -0.3 is 5.73 Å². The predicted molar refractivity (Wildman–Crippen MR) is 145 cm³/mol. The summed E-state index contributed by atoms with van der Waals surface area (Å²) in [5, 5.41) is 12.4. The summed E-state index contributed by atoms with van der Waals surface area (Å²) in [5.41, 5.74) is 11.0. The number of nitrogens with two attached hydrogens (primary N) is 1. The third-order valence-corrected chi connectivity index (χ3v) is 7.27. The number of aryl methyl sites for hydroxylation is 1. The highest BCUT2D eigenvalue weighted by molar-refractivity contribution is 7.81. The highest BCUT2D eigenvalue weighted by atomic mass is 32.1. The summed E-state index contributed by atoms with van der Waals surface area (Å²) >= 11 is 4.64. The summed E-state index contributed by atoms with van der Waals surface area (Å²) in [6.45, 7) is 4.36. The number of benzene rings is 1. The first-order chi connectivity index (χ1) is 18.0. The number of halogens is 3. The lowest BCUT2D eigenvalue weighted by molar-refractivity contribution is 0.00252. The van der Waals surface area contributed by atoms with Gasteiger partial charge in [-0.3, -0.25) is 4.90 Å². The maximum absolute atomic E-state index is 12.8. The molecule has 2 fully saturated rings. The van der Waals surface area contributed by atoms with Crippen LogP contribution in [0.2, 0.25) is 0 Å². The second-order valence-electron chi connectivity index (χ2n) is 10.8. The summed E-state index contributed by atoms with van der Waals surface area (Å²) in [7, 11) is 0. The van der Waals surface area contributed by atoms with Crippen molar-refractivity contribution in [2.75, 3.05) is 25.5 Å². The number of nitrogens with zero attached hydrogens (tertiary/aromatic N) is 7. The Morgan fingerprint density at radius 3 is 2.63 bits per heavy atom. The minimum Gasteiger partial charge on any atom is -0.367 e. The van der Waals surface area contributed by atoms with E-state index < -0.39 is 12.6 Å². The Morgan fingerprint density at radius 1 is 1.21 bits per heavy atom. The van der Waals surface area contributed by atoms with Crippen LogP contribution in [-0.4, -0.2) is 71.0 Å². The maximum atomic E-state index is 12.8. The Hall–Kier alpha value is -2.86. The van der Waals surface area contributed by atoms with Gasteiger partial charge >= 0.3 is 0 Å². The smallest absolute Gasteiger partial charge is 0.261 e. The van der Waals surface area contributed by atoms with Gasteiger partial charge in [0, 0.05) is 41.9 Å². The van der Waals surface area contributed by atoms with Crippen LogP contribution < -0.4 is 5.73 Å². The first-order valence-corrected chi connectivity index (χ1v) is 13.4. The fraction of sp³-hybridized carbons (Fsp3) is 0.538. The number of likely N-dealkylation sites (tertiary alicyclic amines) is 1. The fourth-order valence-electron chi connectivity index (χ4n) is 5.09. The number of anilines is 1. The number of hydrogen-bond acceptors (Lipinski definition) is 7. The molecule has 1 aromatic carbocycles. The van der Waals surface area contributed by atoms with E-state index in [4.69, 9.17) is 5.73 Å². The minimum atomic E-state index is -2.39. The van der Waals surface area contributed by atoms with E-state index in [0.29, 0.717) is 19.0 Å². The summed E-state index contributed by atoms with van der Waals surface area (Å²) < 4.78 is 41.2. The second kappa shape index (κ2) is 10.4. The SMILES string of the molecule is CC(C)(S)Cc1nc(N)nn2ccc(-c3ccc4nnn(CCF)c4c3)c12.FC1(F)CCN(C2CCC2)C1. The molecule has 8 nitrogen and oxygen atoms in total. The molecule has 1 aliphatic heterocycles. The van der Waals surface area contributed by atoms with E-state index in [-0.39, 0.29) is 30.2 Å². The molecule has 4 aromatic rings. The van der Waals surface area contributed by atoms with Gasteiger partial charge in [-0.05, 0) is 36.6 Å². The summed E-state index contributed by atoms with van der Waals surface area (Å²) in [6.07, 6.45) is 6.06. The van der Waals surface area contributed by atoms with Crippen molar-refractivity contribution >= 4 is 35.1 Å². The standard InChI is InChI=1S/C18H20FN7S.C8H13F2N/c1-18(2,27)10-14-16-12(5-7-26(16)23-17(20)21-14)11-3-4-13-15(9-11)25(8-6-19)24-22-13;9-8(10)4-5-11(6-8)7-2-1-3-7/h3-5,7,9,27H,6,8,10H2,1-2H3,(H2,20,23);7H,1-6H2. The molecule has 0 bridgehead atoms. The molecule has 0 radical (unpaired) electrons. The van der Waals surface area contributed by atoms with Gasteiger partial charge in [0.05, 0.1) is 29.8 Å². The van der Waals surface area contributed by atoms with Crippen LogP contribution in [0.5, 0.6) is 0 Å². The van der Waals surface area contributed by atoms with Crippen LogP contribution in [0.15, 0.2) is 30.5 Å². The highest BCUT2D eigenvalue weighted by Gasteiger charge is 2.41. The number of nitrogen functional groups attached to an aromatic ring is 1. The molecule has 6 rings (SSSR count). The van der Waals surface area contributed by atoms with Crippen LogP contribution in [0.25, 0.3) is 27.7 Å². The van der Waals surface area contributed by atoms with Crippen molar-refractivity contribution in [2.24, 2.45) is 0 Å². The third-order valence-electron chi connectivity index (χ3n) is 7.11. The third kappa shape index (κ3) is 5.75. The molecular weight excluding hydrogens is 513 g/mol. The number of hydrogen-bond donors (Lipinski definition) is 2. The van der Waals surface area contributed by atoms with E-state index in [1.807, 2.05) is 49.2 Å². The van der Waals surface area contributed by atoms with Crippen molar-refractivity contribution < 1.29 is 13.2 Å². The van der Waals surface area contributed by atoms with Crippen molar-refractivity contribution in [2.45, 2.75) is 69.2 Å². The molecule has 1 saturated heterocycles. The Kier molecular flexibility index (Phi) is 7.29. The van der Waals surface area contributed by atoms with Gasteiger partial charge in [0.2, 0.25) is 5.95 Å². The fourth-order valence-corrected chi connectivity index (χ4v) is 5.24. The molecule has 4 heterocycles. The normalized spacial score (nSPS) is 18.1. The van der Waals surface area contributed by atoms with E-state index in [1.165, 1.54) is 6.42 Å². The molecular formula is C26H33F3N8S. The molecule has 2 N–H and O–H groups in total. The van der Waals surface area contributed by atoms with Crippen molar-refractivity contribution in [3.8, 4) is 11.1 Å². The van der Waals surface area contributed by atoms with Gasteiger partial charge in [-0.2, -0.15) is 12.6 Å². The zero-order valence-corrected chi connectivity index (χ0v) is 22.5. The quantitative estimate of drug-likeness (QED) is 0.337. The number of thiol groups is 1. The molecule has 2 aliphatic rings. The first kappa shape index (κ1) is 26.7. The molecule has 3 aromatic heterocycles. The summed E-state index contributed by atoms with van der Waals surface area (Å²) in [6, 6.07) is 8.28. The van der Waals surface area contributed by atoms with Crippen LogP contribution >= 0.6 is 12.6 Å². The molecule has 0 spiro atoms. The van der Waals surface area contributed by atoms with Crippen molar-refractivity contribution in [1.82, 2.24) is 34.5 Å². The molecule has 0 unspecified atom stereocenters. The van der Waals surface area contributed by atoms with E-state index in [1.54, 1.807) is 9.20 Å². The Balaban J connectivity index is 0.000000222. The molecule has 12 heteroatoms. The average molecular weight is 547 g/mol. The van der Waals surface area contributed by atoms with Gasteiger partial charge in [-0.1, -0.05) is 31.5 Å². The lowest BCUT2D eigenvalue weighted by Gasteiger charge is -2.34. The highest BCUT2D eigenvalue weighted by Crippen LogP contribution is 2.34. The zero-order valence-electron chi connectivity index (χ0n) is 21.6. The van der Waals surface area contributed by atoms with Gasteiger partial charge in [-0.15, -0.1) is 10.2 Å². The van der Waals surface area contributed by atoms with Crippen molar-refractivity contribution in [3.05, 3.63) is 36.2 Å². The maximum Gasteiger partial charge on any atom is 0.261 e. The predicted octanol–water partition coefficient (Wildman–Crippen LogP) is 4.82. The topological polar surface area (TPSA) is 90.2 Å². The van der Waals surface area contributed by atoms with Crippen LogP contribution in [0.4, 0.5) is 19.1 Å². The Bertz CT molecular complexity index is 1420. The Labute approximate surface area is 224 Å². The molecule has 38 heavy (non-hydrogen) atoms. The van der Waals surface area contributed by atoms with Crippen molar-refractivity contribution in [3.63, 3.8) is 0 Å². The van der Waals surface area contributed by atoms with Gasteiger partial charge in [0.1, 0.15) is 12.2 Å². The number of aromatic nitrogens is 6. The molecule has 1 aliphatic carbocycles. The van der Waals surface area contributed by atoms with E-state index >= 15 is 0 Å². The number of alkyl halides is 3. The first-order valence-electron chi connectivity index (χ1n) is 12.9. The van der Waals surface area contributed by atoms with Gasteiger partial charge in [-0.25, -0.2) is 27.4 Å². The van der Waals surface area contributed by atoms with Crippen LogP contribution in [0.3, 0.4) is 0 Å². The van der Waals surface area contributed by atoms with E-state index in [2.05, 4.69) is 33.0 Å². The van der Waals surface area contributed by atoms with Crippen LogP contribution in [-0.2, 0) is 13.0 Å². The largest absolute Gasteiger partial charge is 0.367 e. The zero-order chi connectivity index (χ0) is 27.1. The number of rotatable bonds is 6. The Morgan fingerprint density at radius 2 is 2.00 bits per heavy atom. The lowest BCUT2D eigenvalue weighted by atomic mass is 9.92. The van der Waals surface area contributed by atoms with E-state index in [0.717, 1.165) is 46.2 Å². The van der Waals surface area contributed by atoms with Gasteiger partial charge in [0.25, 0.3) is 5.92 Å².